The molecule has 1 N–H and O–H groups in total. The van der Waals surface area contributed by atoms with Gasteiger partial charge in [-0.1, -0.05) is 6.92 Å². The zero-order valence-corrected chi connectivity index (χ0v) is 10.5. The highest BCUT2D eigenvalue weighted by atomic mass is 16.2. The van der Waals surface area contributed by atoms with Crippen LogP contribution < -0.4 is 5.32 Å². The van der Waals surface area contributed by atoms with Crippen molar-refractivity contribution in [2.75, 3.05) is 27.3 Å². The largest absolute Gasteiger partial charge is 0.327 e. The van der Waals surface area contributed by atoms with Crippen LogP contribution in [0.25, 0.3) is 0 Å². The molecule has 1 saturated heterocycles. The topological polar surface area (TPSA) is 35.6 Å². The molecule has 2 atom stereocenters. The minimum Gasteiger partial charge on any atom is -0.327 e. The van der Waals surface area contributed by atoms with Crippen molar-refractivity contribution in [2.45, 2.75) is 38.8 Å². The van der Waals surface area contributed by atoms with Crippen LogP contribution in [0.2, 0.25) is 0 Å². The maximum absolute atomic E-state index is 12.1. The van der Waals surface area contributed by atoms with Gasteiger partial charge in [-0.25, -0.2) is 0 Å². The molecule has 1 aliphatic heterocycles. The summed E-state index contributed by atoms with van der Waals surface area (Å²) in [5, 5.41) is 3.28. The Morgan fingerprint density at radius 2 is 2.20 bits per heavy atom. The maximum Gasteiger partial charge on any atom is 0.243 e. The first-order chi connectivity index (χ1) is 6.90. The van der Waals surface area contributed by atoms with E-state index in [1.165, 1.54) is 0 Å². The molecule has 1 amide bonds. The monoisotopic (exact) mass is 213 g/mol. The molecule has 15 heavy (non-hydrogen) atoms. The molecule has 1 aliphatic rings. The van der Waals surface area contributed by atoms with E-state index in [4.69, 9.17) is 0 Å². The van der Waals surface area contributed by atoms with E-state index >= 15 is 0 Å². The maximum atomic E-state index is 12.1. The van der Waals surface area contributed by atoms with E-state index in [-0.39, 0.29) is 11.4 Å². The van der Waals surface area contributed by atoms with Crippen LogP contribution in [0.1, 0.15) is 27.2 Å². The van der Waals surface area contributed by atoms with E-state index < -0.39 is 0 Å². The van der Waals surface area contributed by atoms with Gasteiger partial charge in [0.05, 0.1) is 12.2 Å². The molecule has 0 saturated carbocycles. The number of hydrogen-bond acceptors (Lipinski definition) is 3. The molecule has 2 unspecified atom stereocenters. The van der Waals surface area contributed by atoms with Crippen LogP contribution in [0, 0.1) is 0 Å². The van der Waals surface area contributed by atoms with Gasteiger partial charge < -0.3 is 9.80 Å². The van der Waals surface area contributed by atoms with Crippen molar-refractivity contribution in [1.29, 1.82) is 0 Å². The number of amides is 1. The summed E-state index contributed by atoms with van der Waals surface area (Å²) in [6.45, 7) is 7.64. The number of carbonyl (C=O) groups is 1. The standard InChI is InChI=1S/C11H23N3O/c1-6-11(3)10(15)14(8-12-11)7-9(2)13(4)5/h9,12H,6-8H2,1-5H3. The van der Waals surface area contributed by atoms with Crippen LogP contribution >= 0.6 is 0 Å². The van der Waals surface area contributed by atoms with E-state index in [2.05, 4.69) is 17.1 Å². The van der Waals surface area contributed by atoms with Crippen molar-refractivity contribution in [3.05, 3.63) is 0 Å². The number of hydrogen-bond donors (Lipinski definition) is 1. The van der Waals surface area contributed by atoms with Crippen LogP contribution in [0.4, 0.5) is 0 Å². The van der Waals surface area contributed by atoms with Crippen LogP contribution in [0.5, 0.6) is 0 Å². The predicted octanol–water partition coefficient (Wildman–Crippen LogP) is 0.495. The van der Waals surface area contributed by atoms with Crippen LogP contribution in [0.15, 0.2) is 0 Å². The fourth-order valence-electron chi connectivity index (χ4n) is 1.67. The summed E-state index contributed by atoms with van der Waals surface area (Å²) in [5.41, 5.74) is -0.341. The molecule has 0 aromatic carbocycles. The molecular weight excluding hydrogens is 190 g/mol. The Balaban J connectivity index is 2.57. The summed E-state index contributed by atoms with van der Waals surface area (Å²) in [6.07, 6.45) is 0.846. The minimum absolute atomic E-state index is 0.235. The van der Waals surface area contributed by atoms with Crippen molar-refractivity contribution in [1.82, 2.24) is 15.1 Å². The highest BCUT2D eigenvalue weighted by molar-refractivity contribution is 5.87. The summed E-state index contributed by atoms with van der Waals surface area (Å²) in [7, 11) is 4.08. The molecule has 0 aliphatic carbocycles. The molecule has 88 valence electrons. The van der Waals surface area contributed by atoms with Gasteiger partial charge in [-0.15, -0.1) is 0 Å². The second kappa shape index (κ2) is 4.49. The van der Waals surface area contributed by atoms with Gasteiger partial charge in [-0.2, -0.15) is 0 Å². The number of nitrogens with zero attached hydrogens (tertiary/aromatic N) is 2. The third-order valence-corrected chi connectivity index (χ3v) is 3.49. The van der Waals surface area contributed by atoms with Gasteiger partial charge in [0.2, 0.25) is 5.91 Å². The number of nitrogens with one attached hydrogen (secondary N) is 1. The van der Waals surface area contributed by atoms with Crippen molar-refractivity contribution in [3.8, 4) is 0 Å². The molecule has 1 heterocycles. The Bertz CT molecular complexity index is 242. The van der Waals surface area contributed by atoms with Gasteiger partial charge in [0.25, 0.3) is 0 Å². The van der Waals surface area contributed by atoms with E-state index in [9.17, 15) is 4.79 Å². The van der Waals surface area contributed by atoms with Crippen LogP contribution in [-0.2, 0) is 4.79 Å². The molecule has 4 heteroatoms. The molecule has 1 rings (SSSR count). The Kier molecular flexibility index (Phi) is 3.73. The highest BCUT2D eigenvalue weighted by Crippen LogP contribution is 2.19. The average Bonchev–Trinajstić information content (AvgIpc) is 2.47. The SMILES string of the molecule is CCC1(C)NCN(CC(C)N(C)C)C1=O. The quantitative estimate of drug-likeness (QED) is 0.738. The van der Waals surface area contributed by atoms with Gasteiger partial charge in [-0.3, -0.25) is 10.1 Å². The van der Waals surface area contributed by atoms with Gasteiger partial charge in [0.15, 0.2) is 0 Å². The first-order valence-electron chi connectivity index (χ1n) is 5.61. The zero-order chi connectivity index (χ0) is 11.6. The molecular formula is C11H23N3O. The van der Waals surface area contributed by atoms with Gasteiger partial charge in [0, 0.05) is 12.6 Å². The second-order valence-electron chi connectivity index (χ2n) is 4.86. The van der Waals surface area contributed by atoms with E-state index in [1.807, 2.05) is 32.8 Å². The summed E-state index contributed by atoms with van der Waals surface area (Å²) in [4.78, 5) is 16.1. The fraction of sp³-hybridized carbons (Fsp3) is 0.909. The highest BCUT2D eigenvalue weighted by Gasteiger charge is 2.40. The average molecular weight is 213 g/mol. The van der Waals surface area contributed by atoms with Crippen molar-refractivity contribution in [2.24, 2.45) is 0 Å². The summed E-state index contributed by atoms with van der Waals surface area (Å²) in [5.74, 6) is 0.235. The molecule has 0 radical (unpaired) electrons. The Morgan fingerprint density at radius 1 is 1.60 bits per heavy atom. The third-order valence-electron chi connectivity index (χ3n) is 3.49. The lowest BCUT2D eigenvalue weighted by molar-refractivity contribution is -0.132. The lowest BCUT2D eigenvalue weighted by Gasteiger charge is -2.26. The van der Waals surface area contributed by atoms with Gasteiger partial charge in [0.1, 0.15) is 0 Å². The number of likely N-dealkylation sites (N-methyl/N-ethyl adjacent to an activating group) is 1. The third kappa shape index (κ3) is 2.49. The summed E-state index contributed by atoms with van der Waals surface area (Å²) in [6, 6.07) is 0.398. The number of rotatable bonds is 4. The summed E-state index contributed by atoms with van der Waals surface area (Å²) >= 11 is 0. The predicted molar refractivity (Wildman–Crippen MR) is 61.6 cm³/mol. The summed E-state index contributed by atoms with van der Waals surface area (Å²) < 4.78 is 0. The van der Waals surface area contributed by atoms with Crippen molar-refractivity contribution < 1.29 is 4.79 Å². The minimum atomic E-state index is -0.341. The molecule has 4 nitrogen and oxygen atoms in total. The van der Waals surface area contributed by atoms with Gasteiger partial charge >= 0.3 is 0 Å². The van der Waals surface area contributed by atoms with E-state index in [1.54, 1.807) is 0 Å². The van der Waals surface area contributed by atoms with Gasteiger partial charge in [-0.05, 0) is 34.4 Å². The first-order valence-corrected chi connectivity index (χ1v) is 5.61. The zero-order valence-electron chi connectivity index (χ0n) is 10.5. The van der Waals surface area contributed by atoms with Crippen molar-refractivity contribution in [3.63, 3.8) is 0 Å². The van der Waals surface area contributed by atoms with Crippen LogP contribution in [-0.4, -0.2) is 54.6 Å². The molecule has 0 spiro atoms. The lowest BCUT2D eigenvalue weighted by atomic mass is 9.99. The molecule has 0 aromatic heterocycles. The Labute approximate surface area is 92.6 Å². The van der Waals surface area contributed by atoms with Crippen LogP contribution in [0.3, 0.4) is 0 Å². The van der Waals surface area contributed by atoms with E-state index in [0.29, 0.717) is 12.7 Å². The molecule has 1 fully saturated rings. The number of carbonyl (C=O) groups excluding carboxylic acids is 1. The second-order valence-corrected chi connectivity index (χ2v) is 4.86. The molecule has 0 aromatic rings. The lowest BCUT2D eigenvalue weighted by Crippen LogP contribution is -2.45. The Hall–Kier alpha value is -0.610. The Morgan fingerprint density at radius 3 is 2.60 bits per heavy atom. The first kappa shape index (κ1) is 12.5. The van der Waals surface area contributed by atoms with Crippen molar-refractivity contribution >= 4 is 5.91 Å². The fourth-order valence-corrected chi connectivity index (χ4v) is 1.67. The van der Waals surface area contributed by atoms with E-state index in [0.717, 1.165) is 13.0 Å². The smallest absolute Gasteiger partial charge is 0.243 e. The molecule has 0 bridgehead atoms. The normalized spacial score (nSPS) is 28.9.